The van der Waals surface area contributed by atoms with Crippen LogP contribution in [0.5, 0.6) is 0 Å². The molecule has 0 aliphatic rings. The van der Waals surface area contributed by atoms with E-state index in [1.165, 1.54) is 0 Å². The molecule has 4 heteroatoms. The molecule has 1 unspecified atom stereocenters. The molecular formula is C15H20N2OS. The number of rotatable bonds is 5. The maximum Gasteiger partial charge on any atom is 0.255 e. The number of thiophene rings is 1. The Kier molecular flexibility index (Phi) is 4.56. The van der Waals surface area contributed by atoms with Gasteiger partial charge in [0, 0.05) is 22.7 Å². The molecule has 0 spiro atoms. The quantitative estimate of drug-likeness (QED) is 0.912. The fraction of sp³-hybridized carbons (Fsp3) is 0.400. The number of hydrogen-bond acceptors (Lipinski definition) is 3. The second-order valence-corrected chi connectivity index (χ2v) is 5.71. The highest BCUT2D eigenvalue weighted by Gasteiger charge is 2.15. The van der Waals surface area contributed by atoms with Crippen LogP contribution >= 0.6 is 11.3 Å². The second kappa shape index (κ2) is 6.17. The van der Waals surface area contributed by atoms with Gasteiger partial charge in [-0.1, -0.05) is 19.4 Å². The SMILES string of the molecule is CCCCn1c(C)ccc(C(N)c2cccs2)c1=O. The highest BCUT2D eigenvalue weighted by atomic mass is 32.1. The first-order chi connectivity index (χ1) is 9.15. The first kappa shape index (κ1) is 14.0. The van der Waals surface area contributed by atoms with Gasteiger partial charge in [-0.05, 0) is 36.9 Å². The summed E-state index contributed by atoms with van der Waals surface area (Å²) >= 11 is 1.59. The van der Waals surface area contributed by atoms with Crippen molar-refractivity contribution in [3.63, 3.8) is 0 Å². The van der Waals surface area contributed by atoms with Gasteiger partial charge in [-0.15, -0.1) is 11.3 Å². The first-order valence-electron chi connectivity index (χ1n) is 6.64. The van der Waals surface area contributed by atoms with Gasteiger partial charge in [-0.2, -0.15) is 0 Å². The van der Waals surface area contributed by atoms with Crippen molar-refractivity contribution in [1.82, 2.24) is 4.57 Å². The molecular weight excluding hydrogens is 256 g/mol. The Labute approximate surface area is 117 Å². The lowest BCUT2D eigenvalue weighted by atomic mass is 10.1. The lowest BCUT2D eigenvalue weighted by Crippen LogP contribution is -2.29. The van der Waals surface area contributed by atoms with Gasteiger partial charge in [0.1, 0.15) is 0 Å². The zero-order valence-electron chi connectivity index (χ0n) is 11.4. The standard InChI is InChI=1S/C15H20N2OS/c1-3-4-9-17-11(2)7-8-12(15(17)18)14(16)13-6-5-10-19-13/h5-8,10,14H,3-4,9,16H2,1-2H3. The Balaban J connectivity index is 2.39. The smallest absolute Gasteiger partial charge is 0.255 e. The van der Waals surface area contributed by atoms with Crippen molar-refractivity contribution < 1.29 is 0 Å². The van der Waals surface area contributed by atoms with E-state index in [4.69, 9.17) is 5.73 Å². The number of aryl methyl sites for hydroxylation is 1. The minimum atomic E-state index is -0.319. The second-order valence-electron chi connectivity index (χ2n) is 4.73. The van der Waals surface area contributed by atoms with E-state index >= 15 is 0 Å². The molecule has 102 valence electrons. The molecule has 0 bridgehead atoms. The molecule has 0 amide bonds. The lowest BCUT2D eigenvalue weighted by Gasteiger charge is -2.15. The molecule has 2 aromatic heterocycles. The van der Waals surface area contributed by atoms with Crippen molar-refractivity contribution in [2.24, 2.45) is 5.73 Å². The Morgan fingerprint density at radius 1 is 1.37 bits per heavy atom. The third-order valence-electron chi connectivity index (χ3n) is 3.34. The van der Waals surface area contributed by atoms with Gasteiger partial charge < -0.3 is 10.3 Å². The van der Waals surface area contributed by atoms with Crippen molar-refractivity contribution in [2.45, 2.75) is 39.3 Å². The topological polar surface area (TPSA) is 48.0 Å². The van der Waals surface area contributed by atoms with Gasteiger partial charge >= 0.3 is 0 Å². The predicted octanol–water partition coefficient (Wildman–Crippen LogP) is 3.07. The predicted molar refractivity (Wildman–Crippen MR) is 80.7 cm³/mol. The molecule has 0 fully saturated rings. The molecule has 0 saturated heterocycles. The summed E-state index contributed by atoms with van der Waals surface area (Å²) in [4.78, 5) is 13.6. The fourth-order valence-corrected chi connectivity index (χ4v) is 2.88. The van der Waals surface area contributed by atoms with Crippen molar-refractivity contribution in [1.29, 1.82) is 0 Å². The van der Waals surface area contributed by atoms with E-state index in [-0.39, 0.29) is 11.6 Å². The van der Waals surface area contributed by atoms with Crippen molar-refractivity contribution in [3.8, 4) is 0 Å². The number of pyridine rings is 1. The average Bonchev–Trinajstić information content (AvgIpc) is 2.92. The Morgan fingerprint density at radius 3 is 2.79 bits per heavy atom. The zero-order chi connectivity index (χ0) is 13.8. The molecule has 0 aliphatic carbocycles. The van der Waals surface area contributed by atoms with E-state index in [1.54, 1.807) is 11.3 Å². The van der Waals surface area contributed by atoms with Crippen molar-refractivity contribution >= 4 is 11.3 Å². The van der Waals surface area contributed by atoms with Crippen molar-refractivity contribution in [2.75, 3.05) is 0 Å². The van der Waals surface area contributed by atoms with Gasteiger partial charge in [0.05, 0.1) is 6.04 Å². The number of nitrogens with zero attached hydrogens (tertiary/aromatic N) is 1. The van der Waals surface area contributed by atoms with Crippen LogP contribution in [0.15, 0.2) is 34.4 Å². The van der Waals surface area contributed by atoms with E-state index < -0.39 is 0 Å². The van der Waals surface area contributed by atoms with E-state index in [9.17, 15) is 4.79 Å². The number of aromatic nitrogens is 1. The van der Waals surface area contributed by atoms with Crippen LogP contribution in [-0.4, -0.2) is 4.57 Å². The van der Waals surface area contributed by atoms with Gasteiger partial charge in [0.15, 0.2) is 0 Å². The minimum absolute atomic E-state index is 0.0503. The molecule has 0 aliphatic heterocycles. The molecule has 2 rings (SSSR count). The highest BCUT2D eigenvalue weighted by molar-refractivity contribution is 7.10. The number of unbranched alkanes of at least 4 members (excludes halogenated alkanes) is 1. The van der Waals surface area contributed by atoms with Gasteiger partial charge in [-0.25, -0.2) is 0 Å². The van der Waals surface area contributed by atoms with E-state index in [0.29, 0.717) is 5.56 Å². The number of nitrogens with two attached hydrogens (primary N) is 1. The summed E-state index contributed by atoms with van der Waals surface area (Å²) in [5.74, 6) is 0. The molecule has 3 nitrogen and oxygen atoms in total. The maximum absolute atomic E-state index is 12.5. The number of hydrogen-bond donors (Lipinski definition) is 1. The van der Waals surface area contributed by atoms with Gasteiger partial charge in [0.2, 0.25) is 0 Å². The molecule has 0 radical (unpaired) electrons. The summed E-state index contributed by atoms with van der Waals surface area (Å²) in [6, 6.07) is 7.47. The molecule has 2 aromatic rings. The monoisotopic (exact) mass is 276 g/mol. The first-order valence-corrected chi connectivity index (χ1v) is 7.52. The average molecular weight is 276 g/mol. The summed E-state index contributed by atoms with van der Waals surface area (Å²) < 4.78 is 1.84. The lowest BCUT2D eigenvalue weighted by molar-refractivity contribution is 0.591. The van der Waals surface area contributed by atoms with Crippen LogP contribution in [0.25, 0.3) is 0 Å². The maximum atomic E-state index is 12.5. The van der Waals surface area contributed by atoms with Crippen LogP contribution < -0.4 is 11.3 Å². The molecule has 19 heavy (non-hydrogen) atoms. The summed E-state index contributed by atoms with van der Waals surface area (Å²) in [6.45, 7) is 4.87. The summed E-state index contributed by atoms with van der Waals surface area (Å²) in [7, 11) is 0. The van der Waals surface area contributed by atoms with Crippen molar-refractivity contribution in [3.05, 3.63) is 56.1 Å². The highest BCUT2D eigenvalue weighted by Crippen LogP contribution is 2.21. The minimum Gasteiger partial charge on any atom is -0.319 e. The molecule has 0 saturated carbocycles. The van der Waals surface area contributed by atoms with E-state index in [0.717, 1.165) is 30.0 Å². The molecule has 2 heterocycles. The summed E-state index contributed by atoms with van der Waals surface area (Å²) in [6.07, 6.45) is 2.09. The van der Waals surface area contributed by atoms with Crippen LogP contribution in [-0.2, 0) is 6.54 Å². The summed E-state index contributed by atoms with van der Waals surface area (Å²) in [5, 5.41) is 1.99. The van der Waals surface area contributed by atoms with Crippen LogP contribution in [0.3, 0.4) is 0 Å². The third-order valence-corrected chi connectivity index (χ3v) is 4.30. The van der Waals surface area contributed by atoms with Crippen LogP contribution in [0.4, 0.5) is 0 Å². The van der Waals surface area contributed by atoms with Crippen LogP contribution in [0.1, 0.15) is 41.9 Å². The van der Waals surface area contributed by atoms with Gasteiger partial charge in [0.25, 0.3) is 5.56 Å². The van der Waals surface area contributed by atoms with E-state index in [2.05, 4.69) is 6.92 Å². The fourth-order valence-electron chi connectivity index (χ4n) is 2.14. The zero-order valence-corrected chi connectivity index (χ0v) is 12.2. The molecule has 1 atom stereocenters. The van der Waals surface area contributed by atoms with Crippen LogP contribution in [0.2, 0.25) is 0 Å². The van der Waals surface area contributed by atoms with E-state index in [1.807, 2.05) is 41.1 Å². The Hall–Kier alpha value is -1.39. The normalized spacial score (nSPS) is 12.6. The Bertz CT molecular complexity index is 587. The van der Waals surface area contributed by atoms with Gasteiger partial charge in [-0.3, -0.25) is 4.79 Å². The third kappa shape index (κ3) is 2.96. The summed E-state index contributed by atoms with van der Waals surface area (Å²) in [5.41, 5.74) is 7.94. The molecule has 0 aromatic carbocycles. The largest absolute Gasteiger partial charge is 0.319 e. The molecule has 2 N–H and O–H groups in total. The Morgan fingerprint density at radius 2 is 2.16 bits per heavy atom. The van der Waals surface area contributed by atoms with Crippen LogP contribution in [0, 0.1) is 6.92 Å².